The number of hydrogen-bond acceptors (Lipinski definition) is 3. The van der Waals surface area contributed by atoms with Gasteiger partial charge in [0.15, 0.2) is 0 Å². The van der Waals surface area contributed by atoms with Crippen LogP contribution < -0.4 is 5.73 Å². The Morgan fingerprint density at radius 1 is 1.37 bits per heavy atom. The Bertz CT molecular complexity index is 576. The molecule has 1 aromatic carbocycles. The Morgan fingerprint density at radius 2 is 2.11 bits per heavy atom. The molecule has 1 aromatic heterocycles. The van der Waals surface area contributed by atoms with Crippen molar-refractivity contribution in [3.63, 3.8) is 0 Å². The number of nitrogens with two attached hydrogens (primary N) is 1. The van der Waals surface area contributed by atoms with Gasteiger partial charge in [0.05, 0.1) is 0 Å². The summed E-state index contributed by atoms with van der Waals surface area (Å²) in [5.74, 6) is -0.0363. The van der Waals surface area contributed by atoms with Crippen LogP contribution in [-0.2, 0) is 13.6 Å². The second kappa shape index (κ2) is 5.56. The molecule has 2 rings (SSSR count). The molecule has 100 valence electrons. The Labute approximate surface area is 112 Å². The first-order chi connectivity index (χ1) is 9.13. The monoisotopic (exact) mass is 258 g/mol. The highest BCUT2D eigenvalue weighted by Gasteiger charge is 2.18. The standard InChI is InChI=1S/C14H18N4O/c1-3-18(10-11-6-4-5-7-12(11)15)14(19)13-8-9-16-17(13)2/h4-9H,3,10,15H2,1-2H3. The lowest BCUT2D eigenvalue weighted by atomic mass is 10.1. The van der Waals surface area contributed by atoms with Gasteiger partial charge >= 0.3 is 0 Å². The normalized spacial score (nSPS) is 10.4. The molecule has 0 aliphatic heterocycles. The molecule has 0 aliphatic rings. The Balaban J connectivity index is 2.20. The summed E-state index contributed by atoms with van der Waals surface area (Å²) in [6.07, 6.45) is 1.62. The van der Waals surface area contributed by atoms with E-state index in [2.05, 4.69) is 5.10 Å². The molecule has 5 nitrogen and oxygen atoms in total. The quantitative estimate of drug-likeness (QED) is 0.848. The van der Waals surface area contributed by atoms with E-state index in [0.29, 0.717) is 24.5 Å². The van der Waals surface area contributed by atoms with E-state index in [1.165, 1.54) is 0 Å². The first-order valence-electron chi connectivity index (χ1n) is 6.24. The van der Waals surface area contributed by atoms with Crippen LogP contribution in [0.4, 0.5) is 5.69 Å². The smallest absolute Gasteiger partial charge is 0.272 e. The highest BCUT2D eigenvalue weighted by Crippen LogP contribution is 2.15. The van der Waals surface area contributed by atoms with Crippen molar-refractivity contribution in [3.8, 4) is 0 Å². The third-order valence-electron chi connectivity index (χ3n) is 3.13. The number of aromatic nitrogens is 2. The van der Waals surface area contributed by atoms with Gasteiger partial charge in [-0.3, -0.25) is 9.48 Å². The van der Waals surface area contributed by atoms with Gasteiger partial charge in [0.1, 0.15) is 5.69 Å². The van der Waals surface area contributed by atoms with E-state index in [0.717, 1.165) is 5.56 Å². The van der Waals surface area contributed by atoms with Crippen molar-refractivity contribution in [2.75, 3.05) is 12.3 Å². The zero-order chi connectivity index (χ0) is 13.8. The van der Waals surface area contributed by atoms with Gasteiger partial charge in [-0.2, -0.15) is 5.10 Å². The highest BCUT2D eigenvalue weighted by molar-refractivity contribution is 5.92. The molecule has 0 saturated heterocycles. The second-order valence-corrected chi connectivity index (χ2v) is 4.36. The van der Waals surface area contributed by atoms with Crippen molar-refractivity contribution in [1.82, 2.24) is 14.7 Å². The minimum absolute atomic E-state index is 0.0363. The number of rotatable bonds is 4. The summed E-state index contributed by atoms with van der Waals surface area (Å²) in [5, 5.41) is 4.02. The maximum atomic E-state index is 12.4. The van der Waals surface area contributed by atoms with Crippen molar-refractivity contribution in [2.45, 2.75) is 13.5 Å². The van der Waals surface area contributed by atoms with Crippen LogP contribution in [-0.4, -0.2) is 27.1 Å². The fourth-order valence-corrected chi connectivity index (χ4v) is 1.96. The van der Waals surface area contributed by atoms with E-state index in [1.54, 1.807) is 28.9 Å². The molecule has 2 N–H and O–H groups in total. The van der Waals surface area contributed by atoms with Gasteiger partial charge in [0.2, 0.25) is 0 Å². The number of anilines is 1. The highest BCUT2D eigenvalue weighted by atomic mass is 16.2. The topological polar surface area (TPSA) is 64.2 Å². The molecule has 1 amide bonds. The van der Waals surface area contributed by atoms with Crippen LogP contribution >= 0.6 is 0 Å². The van der Waals surface area contributed by atoms with Crippen molar-refractivity contribution < 1.29 is 4.79 Å². The summed E-state index contributed by atoms with van der Waals surface area (Å²) in [7, 11) is 1.76. The third kappa shape index (κ3) is 2.76. The molecular weight excluding hydrogens is 240 g/mol. The average molecular weight is 258 g/mol. The number of carbonyl (C=O) groups is 1. The summed E-state index contributed by atoms with van der Waals surface area (Å²) in [6, 6.07) is 9.32. The number of aryl methyl sites for hydroxylation is 1. The van der Waals surface area contributed by atoms with Gasteiger partial charge in [-0.1, -0.05) is 18.2 Å². The molecule has 0 radical (unpaired) electrons. The first kappa shape index (κ1) is 13.1. The Morgan fingerprint density at radius 3 is 2.68 bits per heavy atom. The molecule has 0 aliphatic carbocycles. The van der Waals surface area contributed by atoms with Crippen LogP contribution in [0.5, 0.6) is 0 Å². The maximum absolute atomic E-state index is 12.4. The summed E-state index contributed by atoms with van der Waals surface area (Å²) >= 11 is 0. The molecule has 0 bridgehead atoms. The van der Waals surface area contributed by atoms with Crippen LogP contribution in [0.1, 0.15) is 23.0 Å². The van der Waals surface area contributed by atoms with Gasteiger partial charge in [0.25, 0.3) is 5.91 Å². The predicted octanol–water partition coefficient (Wildman–Crippen LogP) is 1.66. The SMILES string of the molecule is CCN(Cc1ccccc1N)C(=O)c1ccnn1C. The Hall–Kier alpha value is -2.30. The second-order valence-electron chi connectivity index (χ2n) is 4.36. The minimum atomic E-state index is -0.0363. The number of amides is 1. The molecule has 0 saturated carbocycles. The zero-order valence-corrected chi connectivity index (χ0v) is 11.2. The van der Waals surface area contributed by atoms with Crippen molar-refractivity contribution in [1.29, 1.82) is 0 Å². The number of para-hydroxylation sites is 1. The van der Waals surface area contributed by atoms with E-state index < -0.39 is 0 Å². The molecule has 19 heavy (non-hydrogen) atoms. The largest absolute Gasteiger partial charge is 0.398 e. The molecule has 0 unspecified atom stereocenters. The average Bonchev–Trinajstić information content (AvgIpc) is 2.83. The van der Waals surface area contributed by atoms with Gasteiger partial charge in [-0.15, -0.1) is 0 Å². The summed E-state index contributed by atoms with van der Waals surface area (Å²) in [4.78, 5) is 14.2. The van der Waals surface area contributed by atoms with Gasteiger partial charge in [0, 0.05) is 32.0 Å². The number of benzene rings is 1. The fourth-order valence-electron chi connectivity index (χ4n) is 1.96. The van der Waals surface area contributed by atoms with E-state index in [4.69, 9.17) is 5.73 Å². The molecule has 2 aromatic rings. The van der Waals surface area contributed by atoms with Gasteiger partial charge in [-0.05, 0) is 24.6 Å². The molecular formula is C14H18N4O. The molecule has 1 heterocycles. The number of nitrogen functional groups attached to an aromatic ring is 1. The summed E-state index contributed by atoms with van der Waals surface area (Å²) in [6.45, 7) is 3.08. The Kier molecular flexibility index (Phi) is 3.85. The van der Waals surface area contributed by atoms with Crippen LogP contribution in [0, 0.1) is 0 Å². The lowest BCUT2D eigenvalue weighted by molar-refractivity contribution is 0.0742. The lowest BCUT2D eigenvalue weighted by Crippen LogP contribution is -2.32. The maximum Gasteiger partial charge on any atom is 0.272 e. The van der Waals surface area contributed by atoms with Crippen LogP contribution in [0.2, 0.25) is 0 Å². The number of hydrogen-bond donors (Lipinski definition) is 1. The molecule has 5 heteroatoms. The van der Waals surface area contributed by atoms with E-state index in [-0.39, 0.29) is 5.91 Å². The third-order valence-corrected chi connectivity index (χ3v) is 3.13. The van der Waals surface area contributed by atoms with Crippen molar-refractivity contribution in [3.05, 3.63) is 47.8 Å². The number of nitrogens with zero attached hydrogens (tertiary/aromatic N) is 3. The van der Waals surface area contributed by atoms with Crippen LogP contribution in [0.25, 0.3) is 0 Å². The summed E-state index contributed by atoms with van der Waals surface area (Å²) < 4.78 is 1.58. The number of carbonyl (C=O) groups excluding carboxylic acids is 1. The van der Waals surface area contributed by atoms with Crippen molar-refractivity contribution >= 4 is 11.6 Å². The zero-order valence-electron chi connectivity index (χ0n) is 11.2. The predicted molar refractivity (Wildman–Crippen MR) is 74.5 cm³/mol. The lowest BCUT2D eigenvalue weighted by Gasteiger charge is -2.21. The molecule has 0 fully saturated rings. The fraction of sp³-hybridized carbons (Fsp3) is 0.286. The van der Waals surface area contributed by atoms with E-state index in [9.17, 15) is 4.79 Å². The van der Waals surface area contributed by atoms with Gasteiger partial charge in [-0.25, -0.2) is 0 Å². The first-order valence-corrected chi connectivity index (χ1v) is 6.24. The van der Waals surface area contributed by atoms with E-state index in [1.807, 2.05) is 31.2 Å². The molecule has 0 atom stereocenters. The minimum Gasteiger partial charge on any atom is -0.398 e. The summed E-state index contributed by atoms with van der Waals surface area (Å²) in [5.41, 5.74) is 8.16. The van der Waals surface area contributed by atoms with Crippen LogP contribution in [0.15, 0.2) is 36.5 Å². The van der Waals surface area contributed by atoms with Crippen molar-refractivity contribution in [2.24, 2.45) is 7.05 Å². The van der Waals surface area contributed by atoms with E-state index >= 15 is 0 Å². The van der Waals surface area contributed by atoms with Crippen LogP contribution in [0.3, 0.4) is 0 Å². The molecule has 0 spiro atoms. The van der Waals surface area contributed by atoms with Gasteiger partial charge < -0.3 is 10.6 Å².